The van der Waals surface area contributed by atoms with Crippen molar-refractivity contribution >= 4 is 101 Å². The number of benzene rings is 4. The molecule has 0 aliphatic carbocycles. The minimum atomic E-state index is -2.24. The number of carbonyl (C=O) groups is 2. The number of carbonyl (C=O) groups excluding carboxylic acids is 2. The summed E-state index contributed by atoms with van der Waals surface area (Å²) in [5.74, 6) is 8.49. The van der Waals surface area contributed by atoms with Crippen LogP contribution < -0.4 is 20.1 Å². The van der Waals surface area contributed by atoms with Crippen LogP contribution in [0.4, 0.5) is 27.5 Å². The highest BCUT2D eigenvalue weighted by Crippen LogP contribution is 2.30. The van der Waals surface area contributed by atoms with Gasteiger partial charge in [-0.05, 0) is 125 Å². The summed E-state index contributed by atoms with van der Waals surface area (Å²) in [6.07, 6.45) is 2.71. The van der Waals surface area contributed by atoms with Crippen LogP contribution in [0.15, 0.2) is 72.8 Å². The van der Waals surface area contributed by atoms with Gasteiger partial charge in [0.2, 0.25) is 5.91 Å². The summed E-state index contributed by atoms with van der Waals surface area (Å²) in [6.45, 7) is 20.1. The third kappa shape index (κ3) is 20.8. The van der Waals surface area contributed by atoms with Gasteiger partial charge >= 0.3 is 6.09 Å². The second kappa shape index (κ2) is 24.4. The fraction of sp³-hybridized carbons (Fsp3) is 0.378. The lowest BCUT2D eigenvalue weighted by molar-refractivity contribution is -0.114. The summed E-state index contributed by atoms with van der Waals surface area (Å²) in [6, 6.07) is 22.5. The maximum atomic E-state index is 11.6. The Hall–Kier alpha value is -3.87. The van der Waals surface area contributed by atoms with Crippen LogP contribution in [0.3, 0.4) is 0 Å². The van der Waals surface area contributed by atoms with Crippen LogP contribution in [0.2, 0.25) is 15.1 Å². The first-order valence-corrected chi connectivity index (χ1v) is 24.4. The number of hydrogen-bond donors (Lipinski definition) is 4. The molecule has 14 heteroatoms. The molecule has 4 N–H and O–H groups in total. The Morgan fingerprint density at radius 2 is 0.864 bits per heavy atom. The molecule has 4 rings (SSSR count). The van der Waals surface area contributed by atoms with E-state index in [2.05, 4.69) is 91.1 Å². The Morgan fingerprint density at radius 1 is 0.559 bits per heavy atom. The van der Waals surface area contributed by atoms with E-state index in [1.165, 1.54) is 25.2 Å². The van der Waals surface area contributed by atoms with Gasteiger partial charge in [-0.2, -0.15) is 0 Å². The van der Waals surface area contributed by atoms with Crippen molar-refractivity contribution in [1.82, 2.24) is 0 Å². The normalized spacial score (nSPS) is 12.7. The smallest absolute Gasteiger partial charge is 0.411 e. The van der Waals surface area contributed by atoms with Gasteiger partial charge in [0.1, 0.15) is 0 Å². The average Bonchev–Trinajstić information content (AvgIpc) is 3.10. The Labute approximate surface area is 369 Å². The van der Waals surface area contributed by atoms with Gasteiger partial charge in [0.15, 0.2) is 0 Å². The van der Waals surface area contributed by atoms with Crippen LogP contribution in [0, 0.1) is 6.92 Å². The third-order valence-electron chi connectivity index (χ3n) is 8.12. The minimum Gasteiger partial charge on any atom is -0.453 e. The molecular weight excluding hydrogens is 847 g/mol. The SMILES string of the molecule is C=S(C)(=O)Nc1ccc(C)cc1C(C)C.C=S(C)(=O)Nc1ccc(Cl)cc1C(C)C.CC(=O)Nc1ccc(Cl)cc1C(C)C.COC(=O)Nc1ccc(Cl)cc1C(C)C. The monoisotopic (exact) mass is 908 g/mol. The van der Waals surface area contributed by atoms with Crippen LogP contribution in [-0.2, 0) is 28.9 Å². The zero-order valence-electron chi connectivity index (χ0n) is 36.6. The second-order valence-electron chi connectivity index (χ2n) is 15.4. The number of ether oxygens (including phenoxy) is 1. The molecule has 0 saturated heterocycles. The van der Waals surface area contributed by atoms with E-state index in [0.29, 0.717) is 32.8 Å². The molecule has 0 aliphatic heterocycles. The van der Waals surface area contributed by atoms with E-state index < -0.39 is 25.5 Å². The lowest BCUT2D eigenvalue weighted by atomic mass is 9.99. The summed E-state index contributed by atoms with van der Waals surface area (Å²) in [5.41, 5.74) is 8.87. The summed E-state index contributed by atoms with van der Waals surface area (Å²) in [7, 11) is -3.10. The predicted octanol–water partition coefficient (Wildman–Crippen LogP) is 13.0. The Balaban J connectivity index is 0.000000393. The van der Waals surface area contributed by atoms with Crippen molar-refractivity contribution in [2.75, 3.05) is 39.7 Å². The van der Waals surface area contributed by atoms with Gasteiger partial charge in [-0.15, -0.1) is 0 Å². The predicted molar refractivity (Wildman–Crippen MR) is 262 cm³/mol. The molecule has 2 amide bonds. The number of anilines is 4. The average molecular weight is 911 g/mol. The number of methoxy groups -OCH3 is 1. The molecule has 326 valence electrons. The van der Waals surface area contributed by atoms with Gasteiger partial charge in [0.25, 0.3) is 0 Å². The molecule has 2 unspecified atom stereocenters. The van der Waals surface area contributed by atoms with E-state index in [9.17, 15) is 18.0 Å². The van der Waals surface area contributed by atoms with E-state index >= 15 is 0 Å². The van der Waals surface area contributed by atoms with Gasteiger partial charge < -0.3 is 19.5 Å². The first-order valence-electron chi connectivity index (χ1n) is 18.9. The van der Waals surface area contributed by atoms with Crippen LogP contribution in [0.1, 0.15) is 114 Å². The van der Waals surface area contributed by atoms with Crippen molar-refractivity contribution in [1.29, 1.82) is 0 Å². The molecule has 2 atom stereocenters. The number of hydrogen-bond acceptors (Lipinski definition) is 5. The molecule has 0 heterocycles. The summed E-state index contributed by atoms with van der Waals surface area (Å²) < 4.78 is 33.6. The summed E-state index contributed by atoms with van der Waals surface area (Å²) in [4.78, 5) is 22.0. The lowest BCUT2D eigenvalue weighted by Crippen LogP contribution is -2.12. The van der Waals surface area contributed by atoms with Crippen LogP contribution in [0.25, 0.3) is 0 Å². The van der Waals surface area contributed by atoms with Gasteiger partial charge in [-0.25, -0.2) is 13.2 Å². The maximum absolute atomic E-state index is 11.6. The standard InChI is InChI=1S/C12H19NOS.C11H14ClNO2.C11H16ClNOS.C11H14ClNO/c1-9(2)11-8-10(3)6-7-12(11)13-15(4,5)14;1-7(2)9-6-8(12)4-5-10(9)13-11(14)15-3;1-8(2)10-7-9(12)5-6-11(10)13-15(3,4)14;1-7(2)10-6-9(12)4-5-11(10)13-8(3)14/h6-9H,4H2,1-3,5H3,(H,13,14);4-7H,1-3H3,(H,13,14);5-8H,3H2,1-2,4H3,(H,13,14);4-7H,1-3H3,(H,13,14). The van der Waals surface area contributed by atoms with E-state index in [0.717, 1.165) is 39.4 Å². The van der Waals surface area contributed by atoms with Gasteiger partial charge in [-0.3, -0.25) is 10.1 Å². The summed E-state index contributed by atoms with van der Waals surface area (Å²) >= 11 is 17.7. The van der Waals surface area contributed by atoms with E-state index in [1.807, 2.05) is 56.3 Å². The summed E-state index contributed by atoms with van der Waals surface area (Å²) in [5, 5.41) is 7.48. The molecule has 4 aromatic carbocycles. The number of nitrogens with one attached hydrogen (secondary N) is 4. The number of aryl methyl sites for hydroxylation is 1. The maximum Gasteiger partial charge on any atom is 0.411 e. The second-order valence-corrected chi connectivity index (χ2v) is 21.2. The van der Waals surface area contributed by atoms with Crippen LogP contribution >= 0.6 is 34.8 Å². The van der Waals surface area contributed by atoms with E-state index in [-0.39, 0.29) is 11.8 Å². The molecule has 0 spiro atoms. The van der Waals surface area contributed by atoms with E-state index in [4.69, 9.17) is 34.8 Å². The van der Waals surface area contributed by atoms with Gasteiger partial charge in [-0.1, -0.05) is 108 Å². The highest BCUT2D eigenvalue weighted by Gasteiger charge is 2.12. The molecule has 0 aromatic heterocycles. The van der Waals surface area contributed by atoms with Crippen molar-refractivity contribution < 1.29 is 22.7 Å². The fourth-order valence-corrected chi connectivity index (χ4v) is 7.27. The van der Waals surface area contributed by atoms with Crippen molar-refractivity contribution in [3.8, 4) is 0 Å². The topological polar surface area (TPSA) is 126 Å². The quantitative estimate of drug-likeness (QED) is 0.118. The Kier molecular flexibility index (Phi) is 22.0. The number of rotatable bonds is 10. The molecule has 4 aromatic rings. The Morgan fingerprint density at radius 3 is 1.19 bits per heavy atom. The molecular formula is C45H63Cl3N4O5S2. The number of amides is 2. The zero-order valence-corrected chi connectivity index (χ0v) is 40.5. The van der Waals surface area contributed by atoms with E-state index in [1.54, 1.807) is 36.8 Å². The zero-order chi connectivity index (χ0) is 45.4. The molecule has 0 radical (unpaired) electrons. The first-order chi connectivity index (χ1) is 27.1. The third-order valence-corrected chi connectivity index (χ3v) is 10.1. The Bertz CT molecular complexity index is 2150. The van der Waals surface area contributed by atoms with Crippen molar-refractivity contribution in [2.24, 2.45) is 0 Å². The number of halogens is 3. The molecule has 0 fully saturated rings. The minimum absolute atomic E-state index is 0.0609. The first kappa shape index (κ1) is 53.1. The molecule has 0 bridgehead atoms. The van der Waals surface area contributed by atoms with Gasteiger partial charge in [0, 0.05) is 76.7 Å². The molecule has 59 heavy (non-hydrogen) atoms. The van der Waals surface area contributed by atoms with Crippen LogP contribution in [-0.4, -0.2) is 51.8 Å². The van der Waals surface area contributed by atoms with Gasteiger partial charge in [0.05, 0.1) is 7.11 Å². The molecule has 0 saturated carbocycles. The molecule has 0 aliphatic rings. The fourth-order valence-electron chi connectivity index (χ4n) is 5.42. The van der Waals surface area contributed by atoms with Crippen LogP contribution in [0.5, 0.6) is 0 Å². The largest absolute Gasteiger partial charge is 0.453 e. The highest BCUT2D eigenvalue weighted by atomic mass is 35.5. The van der Waals surface area contributed by atoms with Crippen molar-refractivity contribution in [3.63, 3.8) is 0 Å². The van der Waals surface area contributed by atoms with Crippen molar-refractivity contribution in [2.45, 2.75) is 92.9 Å². The lowest BCUT2D eigenvalue weighted by Gasteiger charge is -2.16. The molecule has 9 nitrogen and oxygen atoms in total. The van der Waals surface area contributed by atoms with Crippen molar-refractivity contribution in [3.05, 3.63) is 116 Å². The highest BCUT2D eigenvalue weighted by molar-refractivity contribution is 8.01.